The zero-order chi connectivity index (χ0) is 18.7. The van der Waals surface area contributed by atoms with Crippen LogP contribution in [0.3, 0.4) is 0 Å². The number of esters is 1. The number of carbonyl (C=O) groups is 2. The molecule has 1 fully saturated rings. The fourth-order valence-electron chi connectivity index (χ4n) is 3.27. The molecule has 26 heavy (non-hydrogen) atoms. The van der Waals surface area contributed by atoms with E-state index in [1.807, 2.05) is 0 Å². The zero-order valence-corrected chi connectivity index (χ0v) is 15.1. The summed E-state index contributed by atoms with van der Waals surface area (Å²) < 4.78 is 18.7. The third-order valence-electron chi connectivity index (χ3n) is 4.74. The molecule has 3 rings (SSSR count). The number of carbonyl (C=O) groups excluding carboxylic acids is 2. The Morgan fingerprint density at radius 1 is 1.15 bits per heavy atom. The Bertz CT molecular complexity index is 829. The molecule has 0 aliphatic carbocycles. The summed E-state index contributed by atoms with van der Waals surface area (Å²) >= 11 is 0. The second kappa shape index (κ2) is 7.81. The third-order valence-corrected chi connectivity index (χ3v) is 4.74. The highest BCUT2D eigenvalue weighted by Crippen LogP contribution is 2.19. The van der Waals surface area contributed by atoms with E-state index in [0.717, 1.165) is 25.7 Å². The summed E-state index contributed by atoms with van der Waals surface area (Å²) in [5.74, 6) is -1.12. The van der Waals surface area contributed by atoms with Crippen LogP contribution in [-0.4, -0.2) is 41.0 Å². The topological polar surface area (TPSA) is 59.5 Å². The maximum absolute atomic E-state index is 13.3. The average Bonchev–Trinajstić information content (AvgIpc) is 2.89. The molecule has 1 aliphatic heterocycles. The molecular formula is C20H23FN2O3. The molecule has 1 aromatic carbocycles. The highest BCUT2D eigenvalue weighted by molar-refractivity contribution is 5.96. The number of halogens is 1. The lowest BCUT2D eigenvalue weighted by molar-refractivity contribution is -0.139. The lowest BCUT2D eigenvalue weighted by atomic mass is 10.1. The highest BCUT2D eigenvalue weighted by atomic mass is 19.1. The molecule has 0 bridgehead atoms. The number of amides is 1. The van der Waals surface area contributed by atoms with Gasteiger partial charge in [-0.15, -0.1) is 0 Å². The standard InChI is InChI=1S/C20H23FN2O3/c1-13-17(11-15-7-8-16(21)12-18(15)22-13)20(25)26-14(2)19(24)23-9-5-3-4-6-10-23/h7-8,11-12,14H,3-6,9-10H2,1-2H3/t14-/m0/s1. The van der Waals surface area contributed by atoms with Gasteiger partial charge in [0.1, 0.15) is 5.82 Å². The number of rotatable bonds is 3. The summed E-state index contributed by atoms with van der Waals surface area (Å²) in [6.45, 7) is 4.69. The second-order valence-electron chi connectivity index (χ2n) is 6.75. The Kier molecular flexibility index (Phi) is 5.49. The molecule has 2 heterocycles. The predicted octanol–water partition coefficient (Wildman–Crippen LogP) is 3.63. The van der Waals surface area contributed by atoms with Crippen LogP contribution in [0.15, 0.2) is 24.3 Å². The van der Waals surface area contributed by atoms with E-state index >= 15 is 0 Å². The molecule has 0 saturated carbocycles. The molecule has 0 unspecified atom stereocenters. The Morgan fingerprint density at radius 3 is 2.54 bits per heavy atom. The molecule has 138 valence electrons. The number of nitrogens with zero attached hydrogens (tertiary/aromatic N) is 2. The van der Waals surface area contributed by atoms with Gasteiger partial charge in [-0.2, -0.15) is 0 Å². The largest absolute Gasteiger partial charge is 0.449 e. The molecular weight excluding hydrogens is 335 g/mol. The van der Waals surface area contributed by atoms with Crippen molar-refractivity contribution >= 4 is 22.8 Å². The van der Waals surface area contributed by atoms with Crippen LogP contribution >= 0.6 is 0 Å². The van der Waals surface area contributed by atoms with E-state index in [-0.39, 0.29) is 11.7 Å². The van der Waals surface area contributed by atoms with E-state index in [1.54, 1.807) is 30.9 Å². The highest BCUT2D eigenvalue weighted by Gasteiger charge is 2.25. The number of fused-ring (bicyclic) bond motifs is 1. The first-order valence-electron chi connectivity index (χ1n) is 9.02. The van der Waals surface area contributed by atoms with Crippen molar-refractivity contribution < 1.29 is 18.7 Å². The van der Waals surface area contributed by atoms with Gasteiger partial charge in [0.05, 0.1) is 16.8 Å². The summed E-state index contributed by atoms with van der Waals surface area (Å²) in [5, 5.41) is 0.649. The van der Waals surface area contributed by atoms with Crippen LogP contribution in [-0.2, 0) is 9.53 Å². The van der Waals surface area contributed by atoms with Gasteiger partial charge in [-0.25, -0.2) is 9.18 Å². The van der Waals surface area contributed by atoms with Gasteiger partial charge in [-0.1, -0.05) is 12.8 Å². The fourth-order valence-corrected chi connectivity index (χ4v) is 3.27. The van der Waals surface area contributed by atoms with Crippen LogP contribution in [0.25, 0.3) is 10.9 Å². The van der Waals surface area contributed by atoms with Crippen LogP contribution in [0, 0.1) is 12.7 Å². The Morgan fingerprint density at radius 2 is 1.85 bits per heavy atom. The maximum Gasteiger partial charge on any atom is 0.340 e. The summed E-state index contributed by atoms with van der Waals surface area (Å²) in [4.78, 5) is 31.1. The van der Waals surface area contributed by atoms with E-state index in [2.05, 4.69) is 4.98 Å². The van der Waals surface area contributed by atoms with Gasteiger partial charge >= 0.3 is 5.97 Å². The lowest BCUT2D eigenvalue weighted by Gasteiger charge is -2.24. The van der Waals surface area contributed by atoms with Crippen LogP contribution < -0.4 is 0 Å². The summed E-state index contributed by atoms with van der Waals surface area (Å²) in [5.41, 5.74) is 1.22. The molecule has 1 aromatic heterocycles. The van der Waals surface area contributed by atoms with Gasteiger partial charge < -0.3 is 9.64 Å². The van der Waals surface area contributed by atoms with Crippen LogP contribution in [0.5, 0.6) is 0 Å². The number of aromatic nitrogens is 1. The predicted molar refractivity (Wildman–Crippen MR) is 96.4 cm³/mol. The molecule has 6 heteroatoms. The van der Waals surface area contributed by atoms with E-state index in [1.165, 1.54) is 12.1 Å². The van der Waals surface area contributed by atoms with Crippen molar-refractivity contribution in [3.63, 3.8) is 0 Å². The average molecular weight is 358 g/mol. The summed E-state index contributed by atoms with van der Waals surface area (Å²) in [6, 6.07) is 5.84. The first-order chi connectivity index (χ1) is 12.5. The van der Waals surface area contributed by atoms with Crippen molar-refractivity contribution in [2.45, 2.75) is 45.6 Å². The SMILES string of the molecule is Cc1nc2cc(F)ccc2cc1C(=O)O[C@@H](C)C(=O)N1CCCCCC1. The second-order valence-corrected chi connectivity index (χ2v) is 6.75. The Hall–Kier alpha value is -2.50. The van der Waals surface area contributed by atoms with Crippen LogP contribution in [0.2, 0.25) is 0 Å². The molecule has 5 nitrogen and oxygen atoms in total. The van der Waals surface area contributed by atoms with Crippen molar-refractivity contribution in [1.29, 1.82) is 0 Å². The first-order valence-corrected chi connectivity index (χ1v) is 9.02. The van der Waals surface area contributed by atoms with Gasteiger partial charge in [0.15, 0.2) is 6.10 Å². The molecule has 1 amide bonds. The van der Waals surface area contributed by atoms with Gasteiger partial charge in [0, 0.05) is 24.5 Å². The number of benzene rings is 1. The molecule has 0 spiro atoms. The minimum atomic E-state index is -0.844. The number of hydrogen-bond donors (Lipinski definition) is 0. The monoisotopic (exact) mass is 358 g/mol. The third kappa shape index (κ3) is 4.00. The number of aryl methyl sites for hydroxylation is 1. The fraction of sp³-hybridized carbons (Fsp3) is 0.450. The van der Waals surface area contributed by atoms with Crippen molar-refractivity contribution in [2.24, 2.45) is 0 Å². The van der Waals surface area contributed by atoms with E-state index < -0.39 is 12.1 Å². The minimum Gasteiger partial charge on any atom is -0.449 e. The summed E-state index contributed by atoms with van der Waals surface area (Å²) in [6.07, 6.45) is 3.37. The van der Waals surface area contributed by atoms with Gasteiger partial charge in [-0.3, -0.25) is 9.78 Å². The molecule has 0 N–H and O–H groups in total. The van der Waals surface area contributed by atoms with Crippen molar-refractivity contribution in [3.05, 3.63) is 41.3 Å². The molecule has 1 saturated heterocycles. The van der Waals surface area contributed by atoms with Crippen molar-refractivity contribution in [3.8, 4) is 0 Å². The van der Waals surface area contributed by atoms with Crippen molar-refractivity contribution in [2.75, 3.05) is 13.1 Å². The lowest BCUT2D eigenvalue weighted by Crippen LogP contribution is -2.40. The number of likely N-dealkylation sites (tertiary alicyclic amines) is 1. The zero-order valence-electron chi connectivity index (χ0n) is 15.1. The smallest absolute Gasteiger partial charge is 0.340 e. The number of ether oxygens (including phenoxy) is 1. The Balaban J connectivity index is 1.74. The minimum absolute atomic E-state index is 0.159. The van der Waals surface area contributed by atoms with E-state index in [0.29, 0.717) is 35.2 Å². The van der Waals surface area contributed by atoms with Gasteiger partial charge in [0.2, 0.25) is 0 Å². The number of pyridine rings is 1. The quantitative estimate of drug-likeness (QED) is 0.786. The van der Waals surface area contributed by atoms with Crippen molar-refractivity contribution in [1.82, 2.24) is 9.88 Å². The van der Waals surface area contributed by atoms with Crippen LogP contribution in [0.1, 0.15) is 48.7 Å². The molecule has 2 aromatic rings. The van der Waals surface area contributed by atoms with Gasteiger partial charge in [0.25, 0.3) is 5.91 Å². The number of hydrogen-bond acceptors (Lipinski definition) is 4. The van der Waals surface area contributed by atoms with Crippen LogP contribution in [0.4, 0.5) is 4.39 Å². The molecule has 1 atom stereocenters. The molecule has 1 aliphatic rings. The first kappa shape index (κ1) is 18.3. The Labute approximate surface area is 152 Å². The maximum atomic E-state index is 13.3. The normalized spacial score (nSPS) is 16.2. The van der Waals surface area contributed by atoms with E-state index in [9.17, 15) is 14.0 Å². The molecule has 0 radical (unpaired) electrons. The summed E-state index contributed by atoms with van der Waals surface area (Å²) in [7, 11) is 0. The van der Waals surface area contributed by atoms with Gasteiger partial charge in [-0.05, 0) is 44.9 Å². The van der Waals surface area contributed by atoms with E-state index in [4.69, 9.17) is 4.74 Å².